The van der Waals surface area contributed by atoms with E-state index < -0.39 is 0 Å². The molecule has 1 amide bonds. The van der Waals surface area contributed by atoms with Crippen molar-refractivity contribution in [1.82, 2.24) is 14.1 Å². The van der Waals surface area contributed by atoms with Crippen molar-refractivity contribution in [3.63, 3.8) is 0 Å². The van der Waals surface area contributed by atoms with Crippen molar-refractivity contribution in [1.29, 1.82) is 0 Å². The maximum Gasteiger partial charge on any atom is 0.266 e. The van der Waals surface area contributed by atoms with E-state index in [9.17, 15) is 9.59 Å². The molecule has 0 spiro atoms. The molecule has 8 heteroatoms. The Morgan fingerprint density at radius 2 is 1.61 bits per heavy atom. The normalized spacial score (nSPS) is 11.4. The Labute approximate surface area is 227 Å². The Kier molecular flexibility index (Phi) is 6.39. The number of hydrogen-bond acceptors (Lipinski definition) is 4. The molecule has 0 saturated heterocycles. The van der Waals surface area contributed by atoms with Crippen molar-refractivity contribution in [2.45, 2.75) is 18.6 Å². The van der Waals surface area contributed by atoms with E-state index in [1.165, 1.54) is 21.8 Å². The van der Waals surface area contributed by atoms with Crippen LogP contribution >= 0.6 is 23.4 Å². The number of hydrogen-bond donors (Lipinski definition) is 1. The Morgan fingerprint density at radius 3 is 2.39 bits per heavy atom. The first kappa shape index (κ1) is 24.3. The van der Waals surface area contributed by atoms with Gasteiger partial charge in [-0.05, 0) is 67.6 Å². The van der Waals surface area contributed by atoms with Crippen molar-refractivity contribution in [2.75, 3.05) is 11.1 Å². The highest BCUT2D eigenvalue weighted by Gasteiger charge is 2.16. The van der Waals surface area contributed by atoms with Gasteiger partial charge in [0.25, 0.3) is 5.56 Å². The van der Waals surface area contributed by atoms with E-state index >= 15 is 0 Å². The van der Waals surface area contributed by atoms with Gasteiger partial charge in [-0.15, -0.1) is 0 Å². The molecule has 0 bridgehead atoms. The second kappa shape index (κ2) is 10.0. The van der Waals surface area contributed by atoms with E-state index in [-0.39, 0.29) is 17.2 Å². The largest absolute Gasteiger partial charge is 0.341 e. The molecule has 0 radical (unpaired) electrons. The standard InChI is InChI=1S/C30H23ClN4O2S/c1-2-34-26-10-6-4-7-22(26)24-17-20(13-16-27(24)34)32-28(36)18-38-30-33-25-9-5-3-8-23(25)29(37)35(30)21-14-11-19(31)12-15-21/h3-17H,2,18H2,1H3,(H,32,36). The van der Waals surface area contributed by atoms with E-state index in [1.54, 1.807) is 36.4 Å². The molecule has 0 aliphatic heterocycles. The molecule has 38 heavy (non-hydrogen) atoms. The van der Waals surface area contributed by atoms with Crippen LogP contribution in [-0.2, 0) is 11.3 Å². The van der Waals surface area contributed by atoms with Gasteiger partial charge >= 0.3 is 0 Å². The quantitative estimate of drug-likeness (QED) is 0.185. The number of aromatic nitrogens is 3. The molecule has 0 fully saturated rings. The maximum atomic E-state index is 13.4. The van der Waals surface area contributed by atoms with Gasteiger partial charge in [0.15, 0.2) is 5.16 Å². The number of nitrogens with one attached hydrogen (secondary N) is 1. The fourth-order valence-corrected chi connectivity index (χ4v) is 5.76. The zero-order valence-corrected chi connectivity index (χ0v) is 22.1. The smallest absolute Gasteiger partial charge is 0.266 e. The molecule has 2 heterocycles. The van der Waals surface area contributed by atoms with Crippen LogP contribution in [-0.4, -0.2) is 25.8 Å². The Morgan fingerprint density at radius 1 is 0.895 bits per heavy atom. The van der Waals surface area contributed by atoms with Crippen molar-refractivity contribution in [2.24, 2.45) is 0 Å². The van der Waals surface area contributed by atoms with Crippen molar-refractivity contribution in [3.8, 4) is 5.69 Å². The second-order valence-electron chi connectivity index (χ2n) is 8.86. The lowest BCUT2D eigenvalue weighted by atomic mass is 10.1. The summed E-state index contributed by atoms with van der Waals surface area (Å²) < 4.78 is 3.80. The summed E-state index contributed by atoms with van der Waals surface area (Å²) in [5.41, 5.74) is 4.06. The van der Waals surface area contributed by atoms with E-state index in [2.05, 4.69) is 28.9 Å². The highest BCUT2D eigenvalue weighted by atomic mass is 35.5. The minimum Gasteiger partial charge on any atom is -0.341 e. The van der Waals surface area contributed by atoms with Crippen LogP contribution in [0.2, 0.25) is 5.02 Å². The first-order valence-corrected chi connectivity index (χ1v) is 13.6. The summed E-state index contributed by atoms with van der Waals surface area (Å²) >= 11 is 7.29. The number of anilines is 1. The lowest BCUT2D eigenvalue weighted by Gasteiger charge is -2.13. The van der Waals surface area contributed by atoms with Crippen LogP contribution in [0.3, 0.4) is 0 Å². The number of fused-ring (bicyclic) bond motifs is 4. The number of carbonyl (C=O) groups excluding carboxylic acids is 1. The molecular formula is C30H23ClN4O2S. The SMILES string of the molecule is CCn1c2ccccc2c2cc(NC(=O)CSc3nc4ccccc4c(=O)n3-c3ccc(Cl)cc3)ccc21. The number of rotatable bonds is 6. The first-order chi connectivity index (χ1) is 18.5. The minimum absolute atomic E-state index is 0.0904. The third-order valence-corrected chi connectivity index (χ3v) is 7.73. The molecule has 0 aliphatic rings. The van der Waals surface area contributed by atoms with Crippen LogP contribution in [0.4, 0.5) is 5.69 Å². The molecular weight excluding hydrogens is 516 g/mol. The number of aryl methyl sites for hydroxylation is 1. The predicted molar refractivity (Wildman–Crippen MR) is 157 cm³/mol. The van der Waals surface area contributed by atoms with Crippen LogP contribution < -0.4 is 10.9 Å². The van der Waals surface area contributed by atoms with Crippen molar-refractivity contribution in [3.05, 3.63) is 106 Å². The maximum absolute atomic E-state index is 13.4. The molecule has 6 nitrogen and oxygen atoms in total. The Balaban J connectivity index is 1.30. The molecule has 0 unspecified atom stereocenters. The third-order valence-electron chi connectivity index (χ3n) is 6.53. The number of para-hydroxylation sites is 2. The summed E-state index contributed by atoms with van der Waals surface area (Å²) in [4.78, 5) is 31.1. The topological polar surface area (TPSA) is 68.9 Å². The molecule has 2 aromatic heterocycles. The van der Waals surface area contributed by atoms with Gasteiger partial charge in [0, 0.05) is 39.1 Å². The highest BCUT2D eigenvalue weighted by molar-refractivity contribution is 7.99. The number of thioether (sulfide) groups is 1. The van der Waals surface area contributed by atoms with Gasteiger partial charge in [-0.1, -0.05) is 53.7 Å². The first-order valence-electron chi connectivity index (χ1n) is 12.2. The van der Waals surface area contributed by atoms with E-state index in [1.807, 2.05) is 42.5 Å². The van der Waals surface area contributed by atoms with E-state index in [0.29, 0.717) is 26.8 Å². The van der Waals surface area contributed by atoms with Crippen LogP contribution in [0.1, 0.15) is 6.92 Å². The summed E-state index contributed by atoms with van der Waals surface area (Å²) in [6, 6.07) is 28.5. The van der Waals surface area contributed by atoms with E-state index in [0.717, 1.165) is 28.5 Å². The second-order valence-corrected chi connectivity index (χ2v) is 10.2. The van der Waals surface area contributed by atoms with Gasteiger partial charge in [-0.25, -0.2) is 4.98 Å². The van der Waals surface area contributed by atoms with Gasteiger partial charge in [0.2, 0.25) is 5.91 Å². The molecule has 188 valence electrons. The molecule has 4 aromatic carbocycles. The van der Waals surface area contributed by atoms with Gasteiger partial charge in [-0.3, -0.25) is 14.2 Å². The van der Waals surface area contributed by atoms with Crippen LogP contribution in [0.5, 0.6) is 0 Å². The lowest BCUT2D eigenvalue weighted by molar-refractivity contribution is -0.113. The van der Waals surface area contributed by atoms with Gasteiger partial charge in [0.05, 0.1) is 22.3 Å². The average Bonchev–Trinajstić information content (AvgIpc) is 3.26. The number of halogens is 1. The molecule has 1 N–H and O–H groups in total. The molecule has 6 rings (SSSR count). The van der Waals surface area contributed by atoms with Gasteiger partial charge in [0.1, 0.15) is 0 Å². The fraction of sp³-hybridized carbons (Fsp3) is 0.100. The summed E-state index contributed by atoms with van der Waals surface area (Å²) in [6.45, 7) is 2.99. The lowest BCUT2D eigenvalue weighted by Crippen LogP contribution is -2.23. The zero-order chi connectivity index (χ0) is 26.2. The zero-order valence-electron chi connectivity index (χ0n) is 20.5. The summed E-state index contributed by atoms with van der Waals surface area (Å²) in [5, 5.41) is 6.79. The molecule has 0 atom stereocenters. The van der Waals surface area contributed by atoms with Crippen LogP contribution in [0.15, 0.2) is 101 Å². The Bertz CT molecular complexity index is 1890. The van der Waals surface area contributed by atoms with Crippen molar-refractivity contribution >= 4 is 67.7 Å². The highest BCUT2D eigenvalue weighted by Crippen LogP contribution is 2.31. The fourth-order valence-electron chi connectivity index (χ4n) is 4.83. The summed E-state index contributed by atoms with van der Waals surface area (Å²) in [7, 11) is 0. The van der Waals surface area contributed by atoms with Crippen molar-refractivity contribution < 1.29 is 4.79 Å². The average molecular weight is 539 g/mol. The van der Waals surface area contributed by atoms with Gasteiger partial charge in [-0.2, -0.15) is 0 Å². The number of carbonyl (C=O) groups is 1. The van der Waals surface area contributed by atoms with Gasteiger partial charge < -0.3 is 9.88 Å². The minimum atomic E-state index is -0.196. The van der Waals surface area contributed by atoms with E-state index in [4.69, 9.17) is 16.6 Å². The van der Waals surface area contributed by atoms with Crippen LogP contribution in [0, 0.1) is 0 Å². The van der Waals surface area contributed by atoms with Crippen LogP contribution in [0.25, 0.3) is 38.4 Å². The monoisotopic (exact) mass is 538 g/mol. The number of nitrogens with zero attached hydrogens (tertiary/aromatic N) is 3. The number of amides is 1. The molecule has 0 aliphatic carbocycles. The third kappa shape index (κ3) is 4.34. The Hall–Kier alpha value is -4.07. The number of benzene rings is 4. The summed E-state index contributed by atoms with van der Waals surface area (Å²) in [6.07, 6.45) is 0. The molecule has 0 saturated carbocycles. The predicted octanol–water partition coefficient (Wildman–Crippen LogP) is 6.90. The summed E-state index contributed by atoms with van der Waals surface area (Å²) in [5.74, 6) is -0.0914. The molecule has 6 aromatic rings.